The van der Waals surface area contributed by atoms with E-state index in [2.05, 4.69) is 11.0 Å². The van der Waals surface area contributed by atoms with Gasteiger partial charge in [-0.15, -0.1) is 0 Å². The quantitative estimate of drug-likeness (QED) is 0.821. The normalized spacial score (nSPS) is 18.9. The van der Waals surface area contributed by atoms with Crippen LogP contribution >= 0.6 is 0 Å². The van der Waals surface area contributed by atoms with E-state index < -0.39 is 0 Å². The van der Waals surface area contributed by atoms with Crippen LogP contribution in [0, 0.1) is 6.92 Å². The van der Waals surface area contributed by atoms with Crippen molar-refractivity contribution in [3.63, 3.8) is 0 Å². The van der Waals surface area contributed by atoms with Crippen LogP contribution in [0.15, 0.2) is 24.1 Å². The predicted octanol–water partition coefficient (Wildman–Crippen LogP) is 1.81. The van der Waals surface area contributed by atoms with Gasteiger partial charge in [0.1, 0.15) is 11.5 Å². The Kier molecular flexibility index (Phi) is 2.88. The van der Waals surface area contributed by atoms with Crippen LogP contribution < -0.4 is 4.74 Å². The molecular weight excluding hydrogens is 230 g/mol. The molecule has 2 aliphatic rings. The summed E-state index contributed by atoms with van der Waals surface area (Å²) >= 11 is 0. The number of hydrogen-bond acceptors (Lipinski definition) is 4. The fraction of sp³-hybridized carbons (Fsp3) is 0.429. The third-order valence-corrected chi connectivity index (χ3v) is 3.48. The first-order valence-electron chi connectivity index (χ1n) is 6.28. The van der Waals surface area contributed by atoms with Crippen LogP contribution in [0.5, 0.6) is 11.5 Å². The molecule has 0 saturated carbocycles. The van der Waals surface area contributed by atoms with Crippen LogP contribution in [0.2, 0.25) is 0 Å². The van der Waals surface area contributed by atoms with Gasteiger partial charge in [-0.2, -0.15) is 0 Å². The first-order valence-corrected chi connectivity index (χ1v) is 6.28. The zero-order chi connectivity index (χ0) is 12.5. The fourth-order valence-electron chi connectivity index (χ4n) is 2.36. The lowest BCUT2D eigenvalue weighted by molar-refractivity contribution is 0.0338. The van der Waals surface area contributed by atoms with E-state index in [-0.39, 0.29) is 5.75 Å². The van der Waals surface area contributed by atoms with Crippen molar-refractivity contribution in [3.05, 3.63) is 35.2 Å². The Balaban J connectivity index is 1.85. The van der Waals surface area contributed by atoms with Gasteiger partial charge in [0.2, 0.25) is 0 Å². The second kappa shape index (κ2) is 4.53. The van der Waals surface area contributed by atoms with Crippen molar-refractivity contribution in [1.29, 1.82) is 0 Å². The minimum Gasteiger partial charge on any atom is -0.508 e. The summed E-state index contributed by atoms with van der Waals surface area (Å²) < 4.78 is 11.3. The van der Waals surface area contributed by atoms with E-state index in [1.165, 1.54) is 0 Å². The molecule has 3 rings (SSSR count). The van der Waals surface area contributed by atoms with E-state index in [0.717, 1.165) is 55.5 Å². The minimum atomic E-state index is 0.289. The van der Waals surface area contributed by atoms with Gasteiger partial charge in [0.25, 0.3) is 0 Å². The molecule has 0 bridgehead atoms. The summed E-state index contributed by atoms with van der Waals surface area (Å²) in [6, 6.07) is 3.65. The molecule has 2 heterocycles. The number of allylic oxidation sites excluding steroid dienone is 1. The lowest BCUT2D eigenvalue weighted by atomic mass is 10.0. The molecule has 1 aromatic rings. The highest BCUT2D eigenvalue weighted by Crippen LogP contribution is 2.35. The number of ether oxygens (including phenoxy) is 2. The van der Waals surface area contributed by atoms with Gasteiger partial charge in [0, 0.05) is 18.7 Å². The highest BCUT2D eigenvalue weighted by atomic mass is 16.5. The molecule has 4 nitrogen and oxygen atoms in total. The molecule has 0 radical (unpaired) electrons. The van der Waals surface area contributed by atoms with Crippen molar-refractivity contribution in [2.24, 2.45) is 0 Å². The SMILES string of the molecule is Cc1c(O)ccc2c1OC(N1CCOCC1)=CC2. The van der Waals surface area contributed by atoms with Crippen molar-refractivity contribution >= 4 is 0 Å². The van der Waals surface area contributed by atoms with Crippen molar-refractivity contribution in [2.45, 2.75) is 13.3 Å². The van der Waals surface area contributed by atoms with Crippen LogP contribution in [-0.2, 0) is 11.2 Å². The molecule has 18 heavy (non-hydrogen) atoms. The zero-order valence-corrected chi connectivity index (χ0v) is 10.5. The Morgan fingerprint density at radius 3 is 2.78 bits per heavy atom. The maximum atomic E-state index is 9.74. The molecular formula is C14H17NO3. The molecule has 1 fully saturated rings. The van der Waals surface area contributed by atoms with Gasteiger partial charge < -0.3 is 19.5 Å². The van der Waals surface area contributed by atoms with Gasteiger partial charge in [-0.1, -0.05) is 6.07 Å². The molecule has 0 unspecified atom stereocenters. The summed E-state index contributed by atoms with van der Waals surface area (Å²) in [7, 11) is 0. The van der Waals surface area contributed by atoms with Crippen LogP contribution in [0.25, 0.3) is 0 Å². The number of phenols is 1. The van der Waals surface area contributed by atoms with E-state index >= 15 is 0 Å². The molecule has 0 aromatic heterocycles. The Morgan fingerprint density at radius 1 is 1.22 bits per heavy atom. The average molecular weight is 247 g/mol. The smallest absolute Gasteiger partial charge is 0.192 e. The molecule has 0 aliphatic carbocycles. The Bertz CT molecular complexity index is 490. The topological polar surface area (TPSA) is 41.9 Å². The molecule has 0 spiro atoms. The number of hydrogen-bond donors (Lipinski definition) is 1. The lowest BCUT2D eigenvalue weighted by Crippen LogP contribution is -2.38. The number of nitrogens with zero attached hydrogens (tertiary/aromatic N) is 1. The standard InChI is InChI=1S/C14H17NO3/c1-10-12(16)4-2-11-3-5-13(18-14(10)11)15-6-8-17-9-7-15/h2,4-5,16H,3,6-9H2,1H3. The summed E-state index contributed by atoms with van der Waals surface area (Å²) in [5, 5.41) is 9.74. The molecule has 2 aliphatic heterocycles. The van der Waals surface area contributed by atoms with Crippen molar-refractivity contribution in [2.75, 3.05) is 26.3 Å². The zero-order valence-electron chi connectivity index (χ0n) is 10.5. The molecule has 96 valence electrons. The summed E-state index contributed by atoms with van der Waals surface area (Å²) in [6.45, 7) is 5.09. The number of morpholine rings is 1. The third kappa shape index (κ3) is 1.93. The van der Waals surface area contributed by atoms with Gasteiger partial charge in [-0.3, -0.25) is 0 Å². The number of phenolic OH excluding ortho intramolecular Hbond substituents is 1. The van der Waals surface area contributed by atoms with E-state index in [1.807, 2.05) is 13.0 Å². The van der Waals surface area contributed by atoms with Gasteiger partial charge in [0.05, 0.1) is 13.2 Å². The Hall–Kier alpha value is -1.68. The van der Waals surface area contributed by atoms with Gasteiger partial charge in [-0.05, 0) is 31.1 Å². The monoisotopic (exact) mass is 247 g/mol. The Labute approximate surface area is 106 Å². The first-order chi connectivity index (χ1) is 8.75. The van der Waals surface area contributed by atoms with E-state index in [0.29, 0.717) is 0 Å². The summed E-state index contributed by atoms with van der Waals surface area (Å²) in [5.41, 5.74) is 1.94. The first kappa shape index (κ1) is 11.4. The Morgan fingerprint density at radius 2 is 2.00 bits per heavy atom. The molecule has 4 heteroatoms. The largest absolute Gasteiger partial charge is 0.508 e. The van der Waals surface area contributed by atoms with Crippen LogP contribution in [0.4, 0.5) is 0 Å². The second-order valence-electron chi connectivity index (χ2n) is 4.65. The van der Waals surface area contributed by atoms with E-state index in [1.54, 1.807) is 6.07 Å². The molecule has 1 saturated heterocycles. The van der Waals surface area contributed by atoms with Gasteiger partial charge >= 0.3 is 0 Å². The van der Waals surface area contributed by atoms with Crippen LogP contribution in [-0.4, -0.2) is 36.3 Å². The van der Waals surface area contributed by atoms with Crippen LogP contribution in [0.3, 0.4) is 0 Å². The number of benzene rings is 1. The van der Waals surface area contributed by atoms with Crippen molar-refractivity contribution < 1.29 is 14.6 Å². The number of fused-ring (bicyclic) bond motifs is 1. The number of rotatable bonds is 1. The fourth-order valence-corrected chi connectivity index (χ4v) is 2.36. The van der Waals surface area contributed by atoms with Crippen molar-refractivity contribution in [1.82, 2.24) is 4.90 Å². The van der Waals surface area contributed by atoms with Gasteiger partial charge in [-0.25, -0.2) is 0 Å². The minimum absolute atomic E-state index is 0.289. The molecule has 0 amide bonds. The summed E-state index contributed by atoms with van der Waals surface area (Å²) in [6.07, 6.45) is 2.95. The molecule has 1 aromatic carbocycles. The maximum absolute atomic E-state index is 9.74. The molecule has 0 atom stereocenters. The van der Waals surface area contributed by atoms with Gasteiger partial charge in [0.15, 0.2) is 5.88 Å². The highest BCUT2D eigenvalue weighted by Gasteiger charge is 2.22. The summed E-state index contributed by atoms with van der Waals surface area (Å²) in [4.78, 5) is 2.19. The number of aromatic hydroxyl groups is 1. The highest BCUT2D eigenvalue weighted by molar-refractivity contribution is 5.51. The van der Waals surface area contributed by atoms with Crippen LogP contribution in [0.1, 0.15) is 11.1 Å². The molecule has 1 N–H and O–H groups in total. The average Bonchev–Trinajstić information content (AvgIpc) is 2.44. The predicted molar refractivity (Wildman–Crippen MR) is 67.7 cm³/mol. The van der Waals surface area contributed by atoms with E-state index in [9.17, 15) is 5.11 Å². The summed E-state index contributed by atoms with van der Waals surface area (Å²) in [5.74, 6) is 1.98. The lowest BCUT2D eigenvalue weighted by Gasteiger charge is -2.32. The third-order valence-electron chi connectivity index (χ3n) is 3.48. The van der Waals surface area contributed by atoms with E-state index in [4.69, 9.17) is 9.47 Å². The maximum Gasteiger partial charge on any atom is 0.192 e. The van der Waals surface area contributed by atoms with Crippen molar-refractivity contribution in [3.8, 4) is 11.5 Å². The second-order valence-corrected chi connectivity index (χ2v) is 4.65.